The monoisotopic (exact) mass is 403 g/mol. The second kappa shape index (κ2) is 9.54. The number of carbonyl (C=O) groups is 2. The van der Waals surface area contributed by atoms with Gasteiger partial charge >= 0.3 is 12.1 Å². The van der Waals surface area contributed by atoms with Crippen molar-refractivity contribution in [3.63, 3.8) is 0 Å². The molecule has 2 aliphatic heterocycles. The lowest BCUT2D eigenvalue weighted by Gasteiger charge is -2.36. The lowest BCUT2D eigenvalue weighted by atomic mass is 10.1. The predicted molar refractivity (Wildman–Crippen MR) is 105 cm³/mol. The van der Waals surface area contributed by atoms with Crippen molar-refractivity contribution < 1.29 is 23.6 Å². The van der Waals surface area contributed by atoms with E-state index in [4.69, 9.17) is 9.47 Å². The molecule has 1 aromatic rings. The molecule has 3 heterocycles. The summed E-state index contributed by atoms with van der Waals surface area (Å²) in [6.45, 7) is 5.53. The van der Waals surface area contributed by atoms with E-state index < -0.39 is 0 Å². The zero-order valence-corrected chi connectivity index (χ0v) is 17.0. The van der Waals surface area contributed by atoms with Crippen LogP contribution in [0.5, 0.6) is 0 Å². The number of aromatic nitrogens is 1. The van der Waals surface area contributed by atoms with E-state index in [0.717, 1.165) is 18.4 Å². The Morgan fingerprint density at radius 1 is 0.931 bits per heavy atom. The minimum Gasteiger partial charge on any atom is -0.378 e. The minimum absolute atomic E-state index is 0.0307. The summed E-state index contributed by atoms with van der Waals surface area (Å²) < 4.78 is 12.3. The van der Waals surface area contributed by atoms with Crippen LogP contribution < -0.4 is 4.57 Å². The molecule has 1 saturated carbocycles. The number of morpholine rings is 2. The van der Waals surface area contributed by atoms with Crippen LogP contribution in [0.25, 0.3) is 0 Å². The van der Waals surface area contributed by atoms with Crippen LogP contribution in [-0.4, -0.2) is 85.4 Å². The largest absolute Gasteiger partial charge is 0.498 e. The highest BCUT2D eigenvalue weighted by Crippen LogP contribution is 2.26. The highest BCUT2D eigenvalue weighted by atomic mass is 16.5. The van der Waals surface area contributed by atoms with Crippen molar-refractivity contribution in [2.75, 3.05) is 52.6 Å². The fourth-order valence-corrected chi connectivity index (χ4v) is 4.31. The molecule has 4 rings (SSSR count). The minimum atomic E-state index is -0.0307. The van der Waals surface area contributed by atoms with E-state index in [-0.39, 0.29) is 12.1 Å². The van der Waals surface area contributed by atoms with Crippen LogP contribution >= 0.6 is 0 Å². The number of amides is 3. The maximum atomic E-state index is 13.2. The van der Waals surface area contributed by atoms with Gasteiger partial charge in [0, 0.05) is 25.7 Å². The van der Waals surface area contributed by atoms with E-state index in [2.05, 4.69) is 0 Å². The zero-order chi connectivity index (χ0) is 20.1. The van der Waals surface area contributed by atoms with Crippen LogP contribution in [0.2, 0.25) is 0 Å². The number of urea groups is 1. The van der Waals surface area contributed by atoms with Crippen LogP contribution in [0.3, 0.4) is 0 Å². The van der Waals surface area contributed by atoms with Crippen molar-refractivity contribution in [3.05, 3.63) is 30.1 Å². The van der Waals surface area contributed by atoms with Crippen LogP contribution in [0.4, 0.5) is 9.59 Å². The van der Waals surface area contributed by atoms with Crippen molar-refractivity contribution in [1.29, 1.82) is 0 Å². The summed E-state index contributed by atoms with van der Waals surface area (Å²) in [6.07, 6.45) is 8.11. The van der Waals surface area contributed by atoms with E-state index >= 15 is 0 Å². The Hall–Kier alpha value is -2.19. The number of pyridine rings is 1. The first-order chi connectivity index (χ1) is 14.2. The van der Waals surface area contributed by atoms with Gasteiger partial charge in [0.15, 0.2) is 0 Å². The van der Waals surface area contributed by atoms with Crippen LogP contribution in [0.15, 0.2) is 24.5 Å². The van der Waals surface area contributed by atoms with Crippen LogP contribution in [0.1, 0.15) is 31.2 Å². The van der Waals surface area contributed by atoms with Gasteiger partial charge in [0.1, 0.15) is 13.1 Å². The number of hydrogen-bond donors (Lipinski definition) is 0. The molecule has 0 bridgehead atoms. The van der Waals surface area contributed by atoms with Crippen molar-refractivity contribution in [2.24, 2.45) is 0 Å². The average molecular weight is 404 g/mol. The lowest BCUT2D eigenvalue weighted by Crippen LogP contribution is -2.55. The first-order valence-electron chi connectivity index (χ1n) is 10.7. The molecular formula is C21H31N4O4+. The number of rotatable bonds is 3. The van der Waals surface area contributed by atoms with Crippen LogP contribution in [-0.2, 0) is 16.0 Å². The van der Waals surface area contributed by atoms with Gasteiger partial charge in [-0.3, -0.25) is 0 Å². The first kappa shape index (κ1) is 20.1. The van der Waals surface area contributed by atoms with E-state index in [1.165, 1.54) is 12.8 Å². The molecule has 0 atom stereocenters. The summed E-state index contributed by atoms with van der Waals surface area (Å²) in [7, 11) is 0. The molecule has 0 radical (unpaired) electrons. The molecule has 3 aliphatic rings. The van der Waals surface area contributed by atoms with E-state index in [1.807, 2.05) is 21.9 Å². The standard InChI is InChI=1S/C21H31N4O4/c26-20(23-9-13-28-14-10-23)22-7-5-18(6-8-22)17-25(19-3-1-2-4-19)21(27)24-11-15-29-16-12-24/h5-8,19H,1-4,9-17H2/q+1. The molecular weight excluding hydrogens is 372 g/mol. The molecule has 2 saturated heterocycles. The van der Waals surface area contributed by atoms with Gasteiger partial charge in [-0.25, -0.2) is 9.69 Å². The Morgan fingerprint density at radius 3 is 2.07 bits per heavy atom. The quantitative estimate of drug-likeness (QED) is 0.717. The number of hydrogen-bond acceptors (Lipinski definition) is 4. The third-order valence-corrected chi connectivity index (χ3v) is 6.05. The lowest BCUT2D eigenvalue weighted by molar-refractivity contribution is -0.578. The van der Waals surface area contributed by atoms with Gasteiger partial charge < -0.3 is 19.3 Å². The van der Waals surface area contributed by atoms with Gasteiger partial charge in [0.25, 0.3) is 0 Å². The molecule has 29 heavy (non-hydrogen) atoms. The highest BCUT2D eigenvalue weighted by Gasteiger charge is 2.31. The highest BCUT2D eigenvalue weighted by molar-refractivity contribution is 5.75. The fraction of sp³-hybridized carbons (Fsp3) is 0.667. The van der Waals surface area contributed by atoms with Crippen LogP contribution in [0, 0.1) is 0 Å². The molecule has 1 aliphatic carbocycles. The van der Waals surface area contributed by atoms with Crippen molar-refractivity contribution in [2.45, 2.75) is 38.3 Å². The predicted octanol–water partition coefficient (Wildman–Crippen LogP) is 1.47. The molecule has 158 valence electrons. The molecule has 0 N–H and O–H groups in total. The maximum Gasteiger partial charge on any atom is 0.498 e. The van der Waals surface area contributed by atoms with E-state index in [9.17, 15) is 9.59 Å². The van der Waals surface area contributed by atoms with Gasteiger partial charge in [-0.05, 0) is 30.5 Å². The molecule has 0 unspecified atom stereocenters. The number of nitrogens with zero attached hydrogens (tertiary/aromatic N) is 4. The molecule has 0 aromatic carbocycles. The third kappa shape index (κ3) is 4.87. The van der Waals surface area contributed by atoms with Gasteiger partial charge in [0.05, 0.1) is 38.8 Å². The Bertz CT molecular complexity index is 693. The molecule has 1 aromatic heterocycles. The summed E-state index contributed by atoms with van der Waals surface area (Å²) >= 11 is 0. The Labute approximate surface area is 172 Å². The number of ether oxygens (including phenoxy) is 2. The summed E-state index contributed by atoms with van der Waals surface area (Å²) in [5.74, 6) is 0. The Morgan fingerprint density at radius 2 is 1.48 bits per heavy atom. The fourth-order valence-electron chi connectivity index (χ4n) is 4.31. The Balaban J connectivity index is 1.43. The second-order valence-corrected chi connectivity index (χ2v) is 7.94. The molecule has 3 amide bonds. The molecule has 8 heteroatoms. The smallest absolute Gasteiger partial charge is 0.378 e. The SMILES string of the molecule is O=C(N1CCOCC1)N(Cc1cc[n+](C(=O)N2CCOCC2)cc1)C1CCCC1. The first-order valence-corrected chi connectivity index (χ1v) is 10.7. The van der Waals surface area contributed by atoms with Gasteiger partial charge in [-0.2, -0.15) is 9.36 Å². The Kier molecular flexibility index (Phi) is 6.61. The third-order valence-electron chi connectivity index (χ3n) is 6.05. The van der Waals surface area contributed by atoms with E-state index in [1.54, 1.807) is 21.9 Å². The normalized spacial score (nSPS) is 20.7. The summed E-state index contributed by atoms with van der Waals surface area (Å²) in [5.41, 5.74) is 1.05. The van der Waals surface area contributed by atoms with Crippen molar-refractivity contribution >= 4 is 12.1 Å². The topological polar surface area (TPSA) is 66.2 Å². The number of carbonyl (C=O) groups excluding carboxylic acids is 2. The molecule has 0 spiro atoms. The van der Waals surface area contributed by atoms with Crippen molar-refractivity contribution in [1.82, 2.24) is 14.7 Å². The van der Waals surface area contributed by atoms with Crippen molar-refractivity contribution in [3.8, 4) is 0 Å². The second-order valence-electron chi connectivity index (χ2n) is 7.94. The van der Waals surface area contributed by atoms with Gasteiger partial charge in [-0.1, -0.05) is 12.8 Å². The van der Waals surface area contributed by atoms with Gasteiger partial charge in [0.2, 0.25) is 0 Å². The van der Waals surface area contributed by atoms with Gasteiger partial charge in [-0.15, -0.1) is 0 Å². The summed E-state index contributed by atoms with van der Waals surface area (Å²) in [6, 6.07) is 4.28. The summed E-state index contributed by atoms with van der Waals surface area (Å²) in [4.78, 5) is 31.5. The van der Waals surface area contributed by atoms with E-state index in [0.29, 0.717) is 65.2 Å². The maximum absolute atomic E-state index is 13.2. The average Bonchev–Trinajstić information content (AvgIpc) is 3.33. The molecule has 3 fully saturated rings. The molecule has 8 nitrogen and oxygen atoms in total. The summed E-state index contributed by atoms with van der Waals surface area (Å²) in [5, 5.41) is 0. The zero-order valence-electron chi connectivity index (χ0n) is 17.0.